The SMILES string of the molecule is CCc1ccc2c(ccc(=S)n2C)c1P(C)(C)=O. The molecule has 2 aromatic rings. The zero-order chi connectivity index (χ0) is 13.5. The zero-order valence-corrected chi connectivity index (χ0v) is 12.9. The molecule has 0 saturated carbocycles. The van der Waals surface area contributed by atoms with E-state index in [1.807, 2.05) is 37.1 Å². The lowest BCUT2D eigenvalue weighted by Crippen LogP contribution is -2.13. The molecule has 0 aliphatic carbocycles. The molecule has 0 fully saturated rings. The van der Waals surface area contributed by atoms with E-state index in [2.05, 4.69) is 19.1 Å². The van der Waals surface area contributed by atoms with Crippen molar-refractivity contribution < 1.29 is 4.57 Å². The number of aryl methyl sites for hydroxylation is 2. The molecule has 0 radical (unpaired) electrons. The van der Waals surface area contributed by atoms with Crippen LogP contribution in [0.1, 0.15) is 12.5 Å². The van der Waals surface area contributed by atoms with E-state index in [1.54, 1.807) is 0 Å². The fraction of sp³-hybridized carbons (Fsp3) is 0.357. The standard InChI is InChI=1S/C14H18NOPS/c1-5-10-6-8-12-11(14(10)17(3,4)16)7-9-13(18)15(12)2/h6-9H,5H2,1-4H3. The topological polar surface area (TPSA) is 22.0 Å². The number of aromatic nitrogens is 1. The first-order valence-electron chi connectivity index (χ1n) is 6.03. The average molecular weight is 279 g/mol. The van der Waals surface area contributed by atoms with Gasteiger partial charge in [0, 0.05) is 23.3 Å². The number of fused-ring (bicyclic) bond motifs is 1. The van der Waals surface area contributed by atoms with Gasteiger partial charge in [-0.2, -0.15) is 0 Å². The molecule has 2 rings (SSSR count). The van der Waals surface area contributed by atoms with Gasteiger partial charge in [-0.15, -0.1) is 0 Å². The number of nitrogens with zero attached hydrogens (tertiary/aromatic N) is 1. The van der Waals surface area contributed by atoms with Crippen LogP contribution in [0.15, 0.2) is 24.3 Å². The van der Waals surface area contributed by atoms with Crippen molar-refractivity contribution in [3.8, 4) is 0 Å². The highest BCUT2D eigenvalue weighted by Crippen LogP contribution is 2.39. The molecule has 0 unspecified atom stereocenters. The molecule has 0 amide bonds. The molecule has 0 aliphatic rings. The maximum Gasteiger partial charge on any atom is 0.110 e. The van der Waals surface area contributed by atoms with E-state index < -0.39 is 7.14 Å². The molecule has 0 N–H and O–H groups in total. The molecule has 0 aliphatic heterocycles. The molecule has 96 valence electrons. The second-order valence-corrected chi connectivity index (χ2v) is 8.51. The second-order valence-electron chi connectivity index (χ2n) is 4.94. The number of benzene rings is 1. The minimum atomic E-state index is -2.30. The fourth-order valence-electron chi connectivity index (χ4n) is 2.41. The number of hydrogen-bond donors (Lipinski definition) is 0. The van der Waals surface area contributed by atoms with Crippen LogP contribution in [0.5, 0.6) is 0 Å². The van der Waals surface area contributed by atoms with Crippen LogP contribution in [0.2, 0.25) is 0 Å². The first-order valence-corrected chi connectivity index (χ1v) is 9.04. The summed E-state index contributed by atoms with van der Waals surface area (Å²) in [4.78, 5) is 0. The van der Waals surface area contributed by atoms with Crippen molar-refractivity contribution >= 4 is 35.6 Å². The number of hydrogen-bond acceptors (Lipinski definition) is 2. The van der Waals surface area contributed by atoms with Crippen molar-refractivity contribution in [2.75, 3.05) is 13.3 Å². The Balaban J connectivity index is 3.01. The summed E-state index contributed by atoms with van der Waals surface area (Å²) in [5.41, 5.74) is 2.23. The summed E-state index contributed by atoms with van der Waals surface area (Å²) < 4.78 is 15.3. The molecule has 18 heavy (non-hydrogen) atoms. The molecule has 1 aromatic heterocycles. The van der Waals surface area contributed by atoms with Crippen LogP contribution in [0.4, 0.5) is 0 Å². The van der Waals surface area contributed by atoms with Gasteiger partial charge in [-0.1, -0.05) is 25.2 Å². The molecular formula is C14H18NOPS. The van der Waals surface area contributed by atoms with Gasteiger partial charge in [-0.3, -0.25) is 0 Å². The second kappa shape index (κ2) is 4.64. The normalized spacial score (nSPS) is 12.0. The monoisotopic (exact) mass is 279 g/mol. The van der Waals surface area contributed by atoms with E-state index in [9.17, 15) is 4.57 Å². The summed E-state index contributed by atoms with van der Waals surface area (Å²) in [5, 5.41) is 2.08. The average Bonchev–Trinajstić information content (AvgIpc) is 2.31. The zero-order valence-electron chi connectivity index (χ0n) is 11.2. The van der Waals surface area contributed by atoms with Crippen LogP contribution in [0.25, 0.3) is 10.9 Å². The largest absolute Gasteiger partial charge is 0.335 e. The van der Waals surface area contributed by atoms with Crippen LogP contribution in [0.3, 0.4) is 0 Å². The van der Waals surface area contributed by atoms with Gasteiger partial charge in [0.15, 0.2) is 0 Å². The van der Waals surface area contributed by atoms with E-state index in [0.717, 1.165) is 27.3 Å². The highest BCUT2D eigenvalue weighted by Gasteiger charge is 2.19. The summed E-state index contributed by atoms with van der Waals surface area (Å²) in [7, 11) is -0.345. The summed E-state index contributed by atoms with van der Waals surface area (Å²) in [6.45, 7) is 5.77. The Hall–Kier alpha value is -0.920. The van der Waals surface area contributed by atoms with Gasteiger partial charge in [0.25, 0.3) is 0 Å². The van der Waals surface area contributed by atoms with Gasteiger partial charge < -0.3 is 9.13 Å². The summed E-state index contributed by atoms with van der Waals surface area (Å²) in [6, 6.07) is 8.07. The van der Waals surface area contributed by atoms with Crippen molar-refractivity contribution in [1.82, 2.24) is 4.57 Å². The lowest BCUT2D eigenvalue weighted by molar-refractivity contribution is 0.588. The predicted molar refractivity (Wildman–Crippen MR) is 82.2 cm³/mol. The lowest BCUT2D eigenvalue weighted by Gasteiger charge is -2.17. The van der Waals surface area contributed by atoms with Crippen molar-refractivity contribution in [2.45, 2.75) is 13.3 Å². The first-order chi connectivity index (χ1) is 8.36. The smallest absolute Gasteiger partial charge is 0.110 e. The highest BCUT2D eigenvalue weighted by molar-refractivity contribution is 7.71. The van der Waals surface area contributed by atoms with Crippen molar-refractivity contribution in [1.29, 1.82) is 0 Å². The van der Waals surface area contributed by atoms with Crippen LogP contribution in [-0.2, 0) is 18.0 Å². The fourth-order valence-corrected chi connectivity index (χ4v) is 4.27. The third-order valence-electron chi connectivity index (χ3n) is 3.28. The summed E-state index contributed by atoms with van der Waals surface area (Å²) >= 11 is 5.27. The van der Waals surface area contributed by atoms with Crippen LogP contribution in [0, 0.1) is 4.64 Å². The maximum absolute atomic E-state index is 12.6. The van der Waals surface area contributed by atoms with Crippen molar-refractivity contribution in [2.24, 2.45) is 7.05 Å². The summed E-state index contributed by atoms with van der Waals surface area (Å²) in [6.07, 6.45) is 0.899. The van der Waals surface area contributed by atoms with E-state index in [4.69, 9.17) is 12.2 Å². The van der Waals surface area contributed by atoms with Crippen LogP contribution >= 0.6 is 19.4 Å². The Bertz CT molecular complexity index is 712. The van der Waals surface area contributed by atoms with E-state index in [0.29, 0.717) is 0 Å². The van der Waals surface area contributed by atoms with Crippen molar-refractivity contribution in [3.63, 3.8) is 0 Å². The van der Waals surface area contributed by atoms with Gasteiger partial charge in [0.1, 0.15) is 11.8 Å². The van der Waals surface area contributed by atoms with Crippen molar-refractivity contribution in [3.05, 3.63) is 34.5 Å². The Morgan fingerprint density at radius 1 is 1.22 bits per heavy atom. The van der Waals surface area contributed by atoms with Crippen LogP contribution < -0.4 is 5.30 Å². The quantitative estimate of drug-likeness (QED) is 0.617. The minimum Gasteiger partial charge on any atom is -0.335 e. The third-order valence-corrected chi connectivity index (χ3v) is 5.30. The van der Waals surface area contributed by atoms with Gasteiger partial charge >= 0.3 is 0 Å². The molecular weight excluding hydrogens is 261 g/mol. The Morgan fingerprint density at radius 3 is 2.44 bits per heavy atom. The molecule has 0 bridgehead atoms. The Morgan fingerprint density at radius 2 is 1.89 bits per heavy atom. The Kier molecular flexibility index (Phi) is 3.48. The maximum atomic E-state index is 12.6. The third kappa shape index (κ3) is 2.17. The molecule has 1 heterocycles. The van der Waals surface area contributed by atoms with E-state index >= 15 is 0 Å². The van der Waals surface area contributed by atoms with E-state index in [-0.39, 0.29) is 0 Å². The number of rotatable bonds is 2. The molecule has 0 saturated heterocycles. The first kappa shape index (κ1) is 13.5. The summed E-state index contributed by atoms with van der Waals surface area (Å²) in [5.74, 6) is 0. The molecule has 4 heteroatoms. The predicted octanol–water partition coefficient (Wildman–Crippen LogP) is 3.72. The molecule has 1 aromatic carbocycles. The van der Waals surface area contributed by atoms with Gasteiger partial charge in [-0.25, -0.2) is 0 Å². The van der Waals surface area contributed by atoms with Gasteiger partial charge in [0.05, 0.1) is 0 Å². The van der Waals surface area contributed by atoms with E-state index in [1.165, 1.54) is 5.56 Å². The van der Waals surface area contributed by atoms with Gasteiger partial charge in [-0.05, 0) is 43.5 Å². The number of pyridine rings is 1. The lowest BCUT2D eigenvalue weighted by atomic mass is 10.1. The molecule has 0 atom stereocenters. The highest BCUT2D eigenvalue weighted by atomic mass is 32.1. The Labute approximate surface area is 113 Å². The minimum absolute atomic E-state index is 0.791. The van der Waals surface area contributed by atoms with Crippen LogP contribution in [-0.4, -0.2) is 17.9 Å². The molecule has 2 nitrogen and oxygen atoms in total. The van der Waals surface area contributed by atoms with Gasteiger partial charge in [0.2, 0.25) is 0 Å². The molecule has 0 spiro atoms.